The van der Waals surface area contributed by atoms with Gasteiger partial charge in [0, 0.05) is 31.8 Å². The molecule has 1 saturated heterocycles. The molecule has 1 aromatic heterocycles. The molecule has 0 aromatic carbocycles. The molecule has 2 atom stereocenters. The molecule has 5 nitrogen and oxygen atoms in total. The Hall–Kier alpha value is -1.88. The average Bonchev–Trinajstić information content (AvgIpc) is 2.57. The number of aromatic nitrogens is 1. The van der Waals surface area contributed by atoms with Crippen LogP contribution in [0.4, 0.5) is 5.82 Å². The van der Waals surface area contributed by atoms with Crippen molar-refractivity contribution in [3.8, 4) is 0 Å². The zero-order valence-electron chi connectivity index (χ0n) is 15.0. The highest BCUT2D eigenvalue weighted by atomic mass is 16.5. The van der Waals surface area contributed by atoms with Crippen molar-refractivity contribution in [2.24, 2.45) is 11.3 Å². The van der Waals surface area contributed by atoms with E-state index in [1.165, 1.54) is 0 Å². The molecule has 1 aliphatic rings. The van der Waals surface area contributed by atoms with Gasteiger partial charge in [0.25, 0.3) is 5.91 Å². The summed E-state index contributed by atoms with van der Waals surface area (Å²) in [5.41, 5.74) is 0.684. The number of amides is 1. The summed E-state index contributed by atoms with van der Waals surface area (Å²) in [5.74, 6) is 1.12. The summed E-state index contributed by atoms with van der Waals surface area (Å²) in [6.45, 7) is 12.4. The van der Waals surface area contributed by atoms with Crippen LogP contribution in [-0.2, 0) is 4.74 Å². The molecule has 2 unspecified atom stereocenters. The molecule has 2 rings (SSSR count). The molecular formula is C19H29N3O2. The molecule has 0 aliphatic carbocycles. The van der Waals surface area contributed by atoms with Crippen molar-refractivity contribution < 1.29 is 9.53 Å². The van der Waals surface area contributed by atoms with Crippen molar-refractivity contribution in [3.63, 3.8) is 0 Å². The number of carbonyl (C=O) groups excluding carboxylic acids is 1. The fourth-order valence-corrected chi connectivity index (χ4v) is 3.14. The van der Waals surface area contributed by atoms with Gasteiger partial charge in [-0.3, -0.25) is 4.79 Å². The molecule has 5 heteroatoms. The largest absolute Gasteiger partial charge is 0.377 e. The second-order valence-electron chi connectivity index (χ2n) is 7.37. The van der Waals surface area contributed by atoms with Crippen LogP contribution in [0.2, 0.25) is 0 Å². The molecule has 1 aliphatic heterocycles. The van der Waals surface area contributed by atoms with Crippen molar-refractivity contribution in [2.75, 3.05) is 25.0 Å². The highest BCUT2D eigenvalue weighted by molar-refractivity contribution is 5.94. The van der Waals surface area contributed by atoms with E-state index in [0.717, 1.165) is 31.8 Å². The summed E-state index contributed by atoms with van der Waals surface area (Å²) in [6, 6.07) is 3.63. The molecule has 0 bridgehead atoms. The summed E-state index contributed by atoms with van der Waals surface area (Å²) in [4.78, 5) is 16.2. The van der Waals surface area contributed by atoms with Gasteiger partial charge in [0.15, 0.2) is 0 Å². The Kier molecular flexibility index (Phi) is 6.37. The van der Waals surface area contributed by atoms with Gasteiger partial charge in [0.2, 0.25) is 0 Å². The van der Waals surface area contributed by atoms with Crippen LogP contribution in [0.1, 0.15) is 44.0 Å². The topological polar surface area (TPSA) is 63.2 Å². The van der Waals surface area contributed by atoms with Gasteiger partial charge in [0.1, 0.15) is 5.82 Å². The van der Waals surface area contributed by atoms with E-state index in [1.807, 2.05) is 6.07 Å². The Labute approximate surface area is 144 Å². The Morgan fingerprint density at radius 3 is 2.88 bits per heavy atom. The van der Waals surface area contributed by atoms with Crippen LogP contribution in [0, 0.1) is 11.3 Å². The smallest absolute Gasteiger partial charge is 0.253 e. The zero-order chi connectivity index (χ0) is 17.6. The Morgan fingerprint density at radius 1 is 1.46 bits per heavy atom. The summed E-state index contributed by atoms with van der Waals surface area (Å²) in [5, 5.41) is 6.13. The van der Waals surface area contributed by atoms with Gasteiger partial charge in [-0.2, -0.15) is 0 Å². The fourth-order valence-electron chi connectivity index (χ4n) is 3.14. The van der Waals surface area contributed by atoms with Gasteiger partial charge in [0.05, 0.1) is 11.7 Å². The van der Waals surface area contributed by atoms with Crippen molar-refractivity contribution in [1.29, 1.82) is 0 Å². The number of carbonyl (C=O) groups is 1. The minimum atomic E-state index is -0.137. The van der Waals surface area contributed by atoms with E-state index in [-0.39, 0.29) is 17.4 Å². The van der Waals surface area contributed by atoms with E-state index in [1.54, 1.807) is 18.3 Å². The van der Waals surface area contributed by atoms with Gasteiger partial charge < -0.3 is 15.4 Å². The summed E-state index contributed by atoms with van der Waals surface area (Å²) < 4.78 is 6.01. The minimum Gasteiger partial charge on any atom is -0.377 e. The van der Waals surface area contributed by atoms with E-state index in [0.29, 0.717) is 18.0 Å². The number of nitrogens with zero attached hydrogens (tertiary/aromatic N) is 1. The summed E-state index contributed by atoms with van der Waals surface area (Å²) in [6.07, 6.45) is 5.77. The molecule has 0 spiro atoms. The first-order valence-electron chi connectivity index (χ1n) is 8.62. The lowest BCUT2D eigenvalue weighted by molar-refractivity contribution is -0.0814. The number of nitrogens with one attached hydrogen (secondary N) is 2. The van der Waals surface area contributed by atoms with E-state index in [4.69, 9.17) is 4.74 Å². The molecule has 1 aromatic rings. The molecule has 1 amide bonds. The average molecular weight is 331 g/mol. The second kappa shape index (κ2) is 8.29. The van der Waals surface area contributed by atoms with Crippen LogP contribution in [0.15, 0.2) is 31.0 Å². The molecule has 2 heterocycles. The molecule has 0 radical (unpaired) electrons. The van der Waals surface area contributed by atoms with Crippen molar-refractivity contribution in [3.05, 3.63) is 36.5 Å². The summed E-state index contributed by atoms with van der Waals surface area (Å²) in [7, 11) is 0. The molecule has 1 fully saturated rings. The molecular weight excluding hydrogens is 302 g/mol. The lowest BCUT2D eigenvalue weighted by Gasteiger charge is -2.40. The quantitative estimate of drug-likeness (QED) is 0.786. The zero-order valence-corrected chi connectivity index (χ0v) is 15.0. The van der Waals surface area contributed by atoms with E-state index >= 15 is 0 Å². The first-order chi connectivity index (χ1) is 11.4. The van der Waals surface area contributed by atoms with Crippen LogP contribution < -0.4 is 10.6 Å². The van der Waals surface area contributed by atoms with Crippen molar-refractivity contribution in [2.45, 2.75) is 39.7 Å². The van der Waals surface area contributed by atoms with Gasteiger partial charge >= 0.3 is 0 Å². The molecule has 2 N–H and O–H groups in total. The van der Waals surface area contributed by atoms with Gasteiger partial charge in [-0.1, -0.05) is 26.8 Å². The van der Waals surface area contributed by atoms with Crippen LogP contribution in [0.25, 0.3) is 0 Å². The predicted octanol–water partition coefficient (Wildman–Crippen LogP) is 3.25. The van der Waals surface area contributed by atoms with Crippen LogP contribution in [0.5, 0.6) is 0 Å². The number of ether oxygens (including phenoxy) is 1. The molecule has 24 heavy (non-hydrogen) atoms. The first kappa shape index (κ1) is 18.5. The number of hydrogen-bond acceptors (Lipinski definition) is 4. The lowest BCUT2D eigenvalue weighted by atomic mass is 9.78. The third kappa shape index (κ3) is 5.06. The van der Waals surface area contributed by atoms with Crippen molar-refractivity contribution >= 4 is 11.7 Å². The molecule has 132 valence electrons. The third-order valence-corrected chi connectivity index (χ3v) is 4.28. The van der Waals surface area contributed by atoms with E-state index in [9.17, 15) is 4.79 Å². The highest BCUT2D eigenvalue weighted by Crippen LogP contribution is 2.34. The number of rotatable bonds is 6. The van der Waals surface area contributed by atoms with Gasteiger partial charge in [-0.05, 0) is 30.4 Å². The normalized spacial score (nSPS) is 21.1. The number of anilines is 1. The van der Waals surface area contributed by atoms with E-state index < -0.39 is 0 Å². The first-order valence-corrected chi connectivity index (χ1v) is 8.62. The third-order valence-electron chi connectivity index (χ3n) is 4.28. The maximum Gasteiger partial charge on any atom is 0.253 e. The lowest BCUT2D eigenvalue weighted by Crippen LogP contribution is -2.42. The van der Waals surface area contributed by atoms with E-state index in [2.05, 4.69) is 43.0 Å². The maximum absolute atomic E-state index is 11.8. The van der Waals surface area contributed by atoms with Crippen LogP contribution in [0.3, 0.4) is 0 Å². The minimum absolute atomic E-state index is 0.132. The number of pyridine rings is 1. The predicted molar refractivity (Wildman–Crippen MR) is 97.2 cm³/mol. The van der Waals surface area contributed by atoms with Crippen LogP contribution in [-0.4, -0.2) is 36.7 Å². The second-order valence-corrected chi connectivity index (χ2v) is 7.37. The van der Waals surface area contributed by atoms with Gasteiger partial charge in [-0.25, -0.2) is 4.98 Å². The van der Waals surface area contributed by atoms with Gasteiger partial charge in [-0.15, -0.1) is 6.58 Å². The number of hydrogen-bond donors (Lipinski definition) is 2. The maximum atomic E-state index is 11.8. The summed E-state index contributed by atoms with van der Waals surface area (Å²) >= 11 is 0. The Bertz CT molecular complexity index is 549. The van der Waals surface area contributed by atoms with Crippen LogP contribution >= 0.6 is 0 Å². The Morgan fingerprint density at radius 2 is 2.25 bits per heavy atom. The SMILES string of the molecule is C=CCNC(=O)c1ccc(NCC2CCCOC2C(C)(C)C)nc1. The monoisotopic (exact) mass is 331 g/mol. The van der Waals surface area contributed by atoms with Crippen molar-refractivity contribution in [1.82, 2.24) is 10.3 Å². The Balaban J connectivity index is 1.91. The fraction of sp³-hybridized carbons (Fsp3) is 0.579. The standard InChI is InChI=1S/C19H29N3O2/c1-5-10-20-18(23)15-8-9-16(22-13-15)21-12-14-7-6-11-24-17(14)19(2,3)4/h5,8-9,13-14,17H,1,6-7,10-12H2,2-4H3,(H,20,23)(H,21,22). The molecule has 0 saturated carbocycles. The highest BCUT2D eigenvalue weighted by Gasteiger charge is 2.35.